The summed E-state index contributed by atoms with van der Waals surface area (Å²) < 4.78 is 31.9. The highest BCUT2D eigenvalue weighted by Gasteiger charge is 2.26. The van der Waals surface area contributed by atoms with Gasteiger partial charge in [0.25, 0.3) is 5.91 Å². The van der Waals surface area contributed by atoms with E-state index in [0.29, 0.717) is 18.8 Å². The second-order valence-corrected chi connectivity index (χ2v) is 8.30. The fourth-order valence-corrected chi connectivity index (χ4v) is 4.45. The second kappa shape index (κ2) is 8.94. The molecule has 0 bridgehead atoms. The van der Waals surface area contributed by atoms with Crippen LogP contribution in [0.3, 0.4) is 0 Å². The molecule has 1 fully saturated rings. The Labute approximate surface area is 163 Å². The molecule has 3 rings (SSSR count). The molecular weight excluding hydrogens is 382 g/mol. The molecule has 1 aromatic carbocycles. The van der Waals surface area contributed by atoms with Crippen molar-refractivity contribution in [2.45, 2.75) is 24.2 Å². The zero-order chi connectivity index (χ0) is 20.0. The molecule has 1 aliphatic heterocycles. The molecule has 2 heterocycles. The first-order valence-corrected chi connectivity index (χ1v) is 10.4. The molecule has 1 aliphatic rings. The van der Waals surface area contributed by atoms with Gasteiger partial charge in [0.15, 0.2) is 6.61 Å². The lowest BCUT2D eigenvalue weighted by Crippen LogP contribution is -2.35. The van der Waals surface area contributed by atoms with Crippen LogP contribution in [0.4, 0.5) is 5.69 Å². The van der Waals surface area contributed by atoms with Crippen LogP contribution in [0.5, 0.6) is 0 Å². The fraction of sp³-hybridized carbons (Fsp3) is 0.316. The Kier molecular flexibility index (Phi) is 6.37. The van der Waals surface area contributed by atoms with Crippen LogP contribution in [-0.2, 0) is 19.6 Å². The van der Waals surface area contributed by atoms with Crippen molar-refractivity contribution >= 4 is 27.6 Å². The minimum Gasteiger partial charge on any atom is -0.452 e. The molecule has 0 saturated carbocycles. The van der Waals surface area contributed by atoms with Gasteiger partial charge in [0.1, 0.15) is 0 Å². The molecule has 0 aliphatic carbocycles. The average molecular weight is 403 g/mol. The van der Waals surface area contributed by atoms with E-state index in [9.17, 15) is 18.0 Å². The van der Waals surface area contributed by atoms with Crippen LogP contribution in [0.1, 0.15) is 29.6 Å². The molecule has 8 nitrogen and oxygen atoms in total. The van der Waals surface area contributed by atoms with E-state index in [1.54, 1.807) is 18.2 Å². The monoisotopic (exact) mass is 403 g/mol. The van der Waals surface area contributed by atoms with Crippen molar-refractivity contribution in [2.75, 3.05) is 25.0 Å². The topological polar surface area (TPSA) is 106 Å². The minimum atomic E-state index is -3.59. The first-order valence-electron chi connectivity index (χ1n) is 8.94. The SMILES string of the molecule is O=C(COC(=O)c1cccnc1)Nc1cccc(S(=O)(=O)N2CCCCC2)c1. The Morgan fingerprint density at radius 1 is 1.11 bits per heavy atom. The number of pyridine rings is 1. The zero-order valence-corrected chi connectivity index (χ0v) is 16.0. The number of rotatable bonds is 6. The van der Waals surface area contributed by atoms with Gasteiger partial charge < -0.3 is 10.1 Å². The predicted molar refractivity (Wildman–Crippen MR) is 102 cm³/mol. The predicted octanol–water partition coefficient (Wildman–Crippen LogP) is 2.05. The number of carbonyl (C=O) groups is 2. The molecule has 1 aromatic heterocycles. The van der Waals surface area contributed by atoms with E-state index in [4.69, 9.17) is 4.74 Å². The standard InChI is InChI=1S/C19H21N3O5S/c23-18(14-27-19(24)15-6-5-9-20-13-15)21-16-7-4-8-17(12-16)28(25,26)22-10-2-1-3-11-22/h4-9,12-13H,1-3,10-11,14H2,(H,21,23). The number of nitrogens with one attached hydrogen (secondary N) is 1. The number of anilines is 1. The van der Waals surface area contributed by atoms with Gasteiger partial charge >= 0.3 is 5.97 Å². The average Bonchev–Trinajstić information content (AvgIpc) is 2.73. The maximum Gasteiger partial charge on any atom is 0.340 e. The normalized spacial score (nSPS) is 15.0. The third-order valence-corrected chi connectivity index (χ3v) is 6.20. The van der Waals surface area contributed by atoms with Gasteiger partial charge in [-0.3, -0.25) is 9.78 Å². The quantitative estimate of drug-likeness (QED) is 0.740. The Morgan fingerprint density at radius 3 is 2.61 bits per heavy atom. The molecule has 148 valence electrons. The molecule has 28 heavy (non-hydrogen) atoms. The van der Waals surface area contributed by atoms with Crippen molar-refractivity contribution in [3.05, 3.63) is 54.4 Å². The third-order valence-electron chi connectivity index (χ3n) is 4.30. The van der Waals surface area contributed by atoms with Gasteiger partial charge in [0.05, 0.1) is 10.5 Å². The number of piperidine rings is 1. The van der Waals surface area contributed by atoms with Crippen LogP contribution in [0.2, 0.25) is 0 Å². The zero-order valence-electron chi connectivity index (χ0n) is 15.2. The van der Waals surface area contributed by atoms with E-state index in [1.165, 1.54) is 34.9 Å². The molecule has 1 amide bonds. The first kappa shape index (κ1) is 20.0. The van der Waals surface area contributed by atoms with E-state index >= 15 is 0 Å². The van der Waals surface area contributed by atoms with Crippen molar-refractivity contribution in [1.82, 2.24) is 9.29 Å². The number of amides is 1. The third kappa shape index (κ3) is 4.93. The number of carbonyl (C=O) groups excluding carboxylic acids is 2. The number of ether oxygens (including phenoxy) is 1. The van der Waals surface area contributed by atoms with E-state index in [1.807, 2.05) is 0 Å². The molecule has 9 heteroatoms. The summed E-state index contributed by atoms with van der Waals surface area (Å²) in [6.45, 7) is 0.517. The molecule has 0 radical (unpaired) electrons. The van der Waals surface area contributed by atoms with E-state index in [0.717, 1.165) is 19.3 Å². The van der Waals surface area contributed by atoms with Crippen LogP contribution in [0, 0.1) is 0 Å². The van der Waals surface area contributed by atoms with Crippen molar-refractivity contribution in [1.29, 1.82) is 0 Å². The van der Waals surface area contributed by atoms with E-state index < -0.39 is 28.5 Å². The summed E-state index contributed by atoms with van der Waals surface area (Å²) >= 11 is 0. The minimum absolute atomic E-state index is 0.125. The number of hydrogen-bond acceptors (Lipinski definition) is 6. The Morgan fingerprint density at radius 2 is 1.89 bits per heavy atom. The number of hydrogen-bond donors (Lipinski definition) is 1. The van der Waals surface area contributed by atoms with Crippen LogP contribution in [0.15, 0.2) is 53.7 Å². The van der Waals surface area contributed by atoms with Gasteiger partial charge in [-0.25, -0.2) is 13.2 Å². The Bertz CT molecular complexity index is 941. The molecule has 0 atom stereocenters. The molecule has 1 N–H and O–H groups in total. The van der Waals surface area contributed by atoms with Gasteiger partial charge in [-0.05, 0) is 43.2 Å². The van der Waals surface area contributed by atoms with Gasteiger partial charge in [0, 0.05) is 31.2 Å². The molecular formula is C19H21N3O5S. The van der Waals surface area contributed by atoms with Crippen LogP contribution >= 0.6 is 0 Å². The molecule has 2 aromatic rings. The highest BCUT2D eigenvalue weighted by Crippen LogP contribution is 2.22. The Hall–Kier alpha value is -2.78. The number of nitrogens with zero attached hydrogens (tertiary/aromatic N) is 2. The number of esters is 1. The maximum atomic E-state index is 12.7. The largest absolute Gasteiger partial charge is 0.452 e. The summed E-state index contributed by atoms with van der Waals surface area (Å²) in [7, 11) is -3.59. The highest BCUT2D eigenvalue weighted by atomic mass is 32.2. The summed E-state index contributed by atoms with van der Waals surface area (Å²) in [5.41, 5.74) is 0.561. The second-order valence-electron chi connectivity index (χ2n) is 6.36. The highest BCUT2D eigenvalue weighted by molar-refractivity contribution is 7.89. The lowest BCUT2D eigenvalue weighted by atomic mass is 10.2. The summed E-state index contributed by atoms with van der Waals surface area (Å²) in [4.78, 5) is 27.8. The smallest absolute Gasteiger partial charge is 0.340 e. The maximum absolute atomic E-state index is 12.7. The molecule has 1 saturated heterocycles. The lowest BCUT2D eigenvalue weighted by molar-refractivity contribution is -0.119. The van der Waals surface area contributed by atoms with Gasteiger partial charge in [-0.15, -0.1) is 0 Å². The van der Waals surface area contributed by atoms with Crippen molar-refractivity contribution < 1.29 is 22.7 Å². The number of sulfonamides is 1. The van der Waals surface area contributed by atoms with Gasteiger partial charge in [0.2, 0.25) is 10.0 Å². The molecule has 0 spiro atoms. The van der Waals surface area contributed by atoms with Crippen molar-refractivity contribution in [2.24, 2.45) is 0 Å². The van der Waals surface area contributed by atoms with Gasteiger partial charge in [-0.2, -0.15) is 4.31 Å². The summed E-state index contributed by atoms with van der Waals surface area (Å²) in [5, 5.41) is 2.55. The van der Waals surface area contributed by atoms with E-state index in [-0.39, 0.29) is 10.5 Å². The van der Waals surface area contributed by atoms with Crippen molar-refractivity contribution in [3.8, 4) is 0 Å². The fourth-order valence-electron chi connectivity index (χ4n) is 2.88. The number of aromatic nitrogens is 1. The summed E-state index contributed by atoms with van der Waals surface area (Å²) in [5.74, 6) is -1.23. The van der Waals surface area contributed by atoms with Gasteiger partial charge in [-0.1, -0.05) is 12.5 Å². The van der Waals surface area contributed by atoms with Crippen LogP contribution in [-0.4, -0.2) is 49.3 Å². The summed E-state index contributed by atoms with van der Waals surface area (Å²) in [6.07, 6.45) is 5.58. The van der Waals surface area contributed by atoms with Crippen LogP contribution in [0.25, 0.3) is 0 Å². The first-order chi connectivity index (χ1) is 13.5. The summed E-state index contributed by atoms with van der Waals surface area (Å²) in [6, 6.07) is 9.17. The van der Waals surface area contributed by atoms with Crippen LogP contribution < -0.4 is 5.32 Å². The van der Waals surface area contributed by atoms with Crippen molar-refractivity contribution in [3.63, 3.8) is 0 Å². The lowest BCUT2D eigenvalue weighted by Gasteiger charge is -2.26. The van der Waals surface area contributed by atoms with E-state index in [2.05, 4.69) is 10.3 Å². The molecule has 0 unspecified atom stereocenters. The number of benzene rings is 1. The Balaban J connectivity index is 1.61.